The van der Waals surface area contributed by atoms with Gasteiger partial charge >= 0.3 is 0 Å². The second-order valence-corrected chi connectivity index (χ2v) is 8.62. The molecular weight excluding hydrogens is 370 g/mol. The Kier molecular flexibility index (Phi) is 4.98. The molecule has 6 heteroatoms. The number of nitrogens with one attached hydrogen (secondary N) is 1. The fraction of sp³-hybridized carbons (Fsp3) is 0.318. The zero-order valence-electron chi connectivity index (χ0n) is 16.2. The first-order valence-corrected chi connectivity index (χ1v) is 10.4. The van der Waals surface area contributed by atoms with Gasteiger partial charge in [0, 0.05) is 6.04 Å². The highest BCUT2D eigenvalue weighted by Crippen LogP contribution is 2.28. The number of amides is 1. The van der Waals surface area contributed by atoms with E-state index in [2.05, 4.69) is 5.32 Å². The standard InChI is InChI=1S/C22H23N3O2S/c1-13-7-6-10-19(14(13)2)25-21(27)17-8-4-5-9-18(17)24-22(25)28-15(3)20(26)23-16-11-12-16/h4-10,15-16H,11-12H2,1-3H3,(H,23,26)/t15-/m1/s1. The van der Waals surface area contributed by atoms with Crippen LogP contribution in [0.5, 0.6) is 0 Å². The Balaban J connectivity index is 1.85. The predicted molar refractivity (Wildman–Crippen MR) is 113 cm³/mol. The minimum absolute atomic E-state index is 0.0116. The van der Waals surface area contributed by atoms with Gasteiger partial charge in [-0.25, -0.2) is 4.98 Å². The van der Waals surface area contributed by atoms with Crippen molar-refractivity contribution in [2.75, 3.05) is 0 Å². The van der Waals surface area contributed by atoms with Crippen molar-refractivity contribution in [2.45, 2.75) is 50.1 Å². The average molecular weight is 394 g/mol. The van der Waals surface area contributed by atoms with Crippen LogP contribution < -0.4 is 10.9 Å². The number of carbonyl (C=O) groups is 1. The van der Waals surface area contributed by atoms with E-state index >= 15 is 0 Å². The van der Waals surface area contributed by atoms with Gasteiger partial charge in [-0.05, 0) is 62.9 Å². The third kappa shape index (κ3) is 3.56. The number of hydrogen-bond donors (Lipinski definition) is 1. The summed E-state index contributed by atoms with van der Waals surface area (Å²) in [7, 11) is 0. The SMILES string of the molecule is Cc1cccc(-n2c(S[C@H](C)C(=O)NC3CC3)nc3ccccc3c2=O)c1C. The lowest BCUT2D eigenvalue weighted by atomic mass is 10.1. The van der Waals surface area contributed by atoms with Crippen LogP contribution in [0.4, 0.5) is 0 Å². The van der Waals surface area contributed by atoms with E-state index in [1.54, 1.807) is 10.6 Å². The van der Waals surface area contributed by atoms with Crippen LogP contribution in [0.15, 0.2) is 52.4 Å². The molecule has 0 radical (unpaired) electrons. The fourth-order valence-corrected chi connectivity index (χ4v) is 4.07. The zero-order valence-corrected chi connectivity index (χ0v) is 17.0. The van der Waals surface area contributed by atoms with E-state index in [9.17, 15) is 9.59 Å². The van der Waals surface area contributed by atoms with Crippen LogP contribution in [0.1, 0.15) is 30.9 Å². The number of hydrogen-bond acceptors (Lipinski definition) is 4. The Morgan fingerprint density at radius 2 is 1.93 bits per heavy atom. The van der Waals surface area contributed by atoms with Gasteiger partial charge in [-0.3, -0.25) is 14.2 Å². The molecular formula is C22H23N3O2S. The molecule has 1 aliphatic rings. The van der Waals surface area contributed by atoms with Crippen molar-refractivity contribution in [1.82, 2.24) is 14.9 Å². The lowest BCUT2D eigenvalue weighted by Crippen LogP contribution is -2.33. The van der Waals surface area contributed by atoms with Crippen LogP contribution >= 0.6 is 11.8 Å². The van der Waals surface area contributed by atoms with Gasteiger partial charge in [-0.15, -0.1) is 0 Å². The molecule has 1 aromatic heterocycles. The molecule has 5 nitrogen and oxygen atoms in total. The van der Waals surface area contributed by atoms with E-state index in [1.165, 1.54) is 11.8 Å². The summed E-state index contributed by atoms with van der Waals surface area (Å²) in [5.74, 6) is -0.0116. The molecule has 0 spiro atoms. The number of carbonyl (C=O) groups excluding carboxylic acids is 1. The first kappa shape index (κ1) is 18.7. The molecule has 0 aliphatic heterocycles. The summed E-state index contributed by atoms with van der Waals surface area (Å²) in [4.78, 5) is 30.6. The van der Waals surface area contributed by atoms with Gasteiger partial charge < -0.3 is 5.32 Å². The van der Waals surface area contributed by atoms with Gasteiger partial charge in [0.15, 0.2) is 5.16 Å². The normalized spacial score (nSPS) is 14.8. The van der Waals surface area contributed by atoms with Gasteiger partial charge in [-0.2, -0.15) is 0 Å². The number of aryl methyl sites for hydroxylation is 1. The molecule has 1 aliphatic carbocycles. The summed E-state index contributed by atoms with van der Waals surface area (Å²) in [5, 5.41) is 3.80. The minimum atomic E-state index is -0.343. The van der Waals surface area contributed by atoms with Gasteiger partial charge in [0.1, 0.15) is 0 Å². The van der Waals surface area contributed by atoms with E-state index in [0.717, 1.165) is 29.7 Å². The van der Waals surface area contributed by atoms with Gasteiger partial charge in [0.05, 0.1) is 21.8 Å². The minimum Gasteiger partial charge on any atom is -0.352 e. The Morgan fingerprint density at radius 1 is 1.18 bits per heavy atom. The molecule has 0 unspecified atom stereocenters. The van der Waals surface area contributed by atoms with E-state index < -0.39 is 0 Å². The van der Waals surface area contributed by atoms with Crippen molar-refractivity contribution < 1.29 is 4.79 Å². The monoisotopic (exact) mass is 393 g/mol. The van der Waals surface area contributed by atoms with E-state index in [1.807, 2.05) is 57.2 Å². The fourth-order valence-electron chi connectivity index (χ4n) is 3.14. The molecule has 0 saturated heterocycles. The molecule has 144 valence electrons. The molecule has 0 bridgehead atoms. The highest BCUT2D eigenvalue weighted by molar-refractivity contribution is 8.00. The van der Waals surface area contributed by atoms with Crippen LogP contribution in [0, 0.1) is 13.8 Å². The second-order valence-electron chi connectivity index (χ2n) is 7.31. The van der Waals surface area contributed by atoms with E-state index in [-0.39, 0.29) is 16.7 Å². The summed E-state index contributed by atoms with van der Waals surface area (Å²) >= 11 is 1.33. The van der Waals surface area contributed by atoms with Crippen molar-refractivity contribution in [1.29, 1.82) is 0 Å². The summed E-state index contributed by atoms with van der Waals surface area (Å²) in [5.41, 5.74) is 3.47. The number of benzene rings is 2. The topological polar surface area (TPSA) is 64.0 Å². The van der Waals surface area contributed by atoms with Crippen molar-refractivity contribution in [3.8, 4) is 5.69 Å². The number of fused-ring (bicyclic) bond motifs is 1. The maximum Gasteiger partial charge on any atom is 0.266 e. The summed E-state index contributed by atoms with van der Waals surface area (Å²) in [6.45, 7) is 5.89. The Labute approximate surface area is 168 Å². The average Bonchev–Trinajstić information content (AvgIpc) is 3.49. The number of para-hydroxylation sites is 1. The quantitative estimate of drug-likeness (QED) is 0.529. The molecule has 1 fully saturated rings. The van der Waals surface area contributed by atoms with Crippen LogP contribution in [-0.2, 0) is 4.79 Å². The van der Waals surface area contributed by atoms with Crippen LogP contribution in [-0.4, -0.2) is 26.8 Å². The maximum atomic E-state index is 13.4. The predicted octanol–water partition coefficient (Wildman–Crippen LogP) is 3.76. The molecule has 28 heavy (non-hydrogen) atoms. The lowest BCUT2D eigenvalue weighted by molar-refractivity contribution is -0.120. The van der Waals surface area contributed by atoms with Crippen LogP contribution in [0.3, 0.4) is 0 Å². The van der Waals surface area contributed by atoms with Gasteiger partial charge in [-0.1, -0.05) is 36.0 Å². The first-order chi connectivity index (χ1) is 13.5. The summed E-state index contributed by atoms with van der Waals surface area (Å²) in [6.07, 6.45) is 2.09. The Bertz CT molecular complexity index is 1120. The van der Waals surface area contributed by atoms with Crippen molar-refractivity contribution in [3.63, 3.8) is 0 Å². The molecule has 4 rings (SSSR count). The lowest BCUT2D eigenvalue weighted by Gasteiger charge is -2.18. The highest BCUT2D eigenvalue weighted by Gasteiger charge is 2.27. The third-order valence-corrected chi connectivity index (χ3v) is 6.19. The molecule has 1 atom stereocenters. The Hall–Kier alpha value is -2.60. The number of thioether (sulfide) groups is 1. The second kappa shape index (κ2) is 7.43. The zero-order chi connectivity index (χ0) is 19.8. The largest absolute Gasteiger partial charge is 0.352 e. The highest BCUT2D eigenvalue weighted by atomic mass is 32.2. The Morgan fingerprint density at radius 3 is 2.68 bits per heavy atom. The van der Waals surface area contributed by atoms with E-state index in [4.69, 9.17) is 4.98 Å². The van der Waals surface area contributed by atoms with E-state index in [0.29, 0.717) is 22.1 Å². The first-order valence-electron chi connectivity index (χ1n) is 9.51. The molecule has 2 aromatic carbocycles. The van der Waals surface area contributed by atoms with Crippen molar-refractivity contribution >= 4 is 28.6 Å². The number of aromatic nitrogens is 2. The number of nitrogens with zero attached hydrogens (tertiary/aromatic N) is 2. The van der Waals surface area contributed by atoms with Crippen LogP contribution in [0.25, 0.3) is 16.6 Å². The smallest absolute Gasteiger partial charge is 0.266 e. The van der Waals surface area contributed by atoms with Gasteiger partial charge in [0.2, 0.25) is 5.91 Å². The van der Waals surface area contributed by atoms with Crippen molar-refractivity contribution in [2.24, 2.45) is 0 Å². The molecule has 1 N–H and O–H groups in total. The van der Waals surface area contributed by atoms with Gasteiger partial charge in [0.25, 0.3) is 5.56 Å². The van der Waals surface area contributed by atoms with Crippen molar-refractivity contribution in [3.05, 3.63) is 63.9 Å². The summed E-state index contributed by atoms with van der Waals surface area (Å²) < 4.78 is 1.65. The molecule has 3 aromatic rings. The molecule has 1 amide bonds. The number of rotatable bonds is 5. The van der Waals surface area contributed by atoms with Crippen LogP contribution in [0.2, 0.25) is 0 Å². The molecule has 1 saturated carbocycles. The summed E-state index contributed by atoms with van der Waals surface area (Å²) in [6, 6.07) is 13.5. The molecule has 1 heterocycles. The third-order valence-electron chi connectivity index (χ3n) is 5.14. The maximum absolute atomic E-state index is 13.4.